The van der Waals surface area contributed by atoms with Gasteiger partial charge in [0.25, 0.3) is 5.91 Å². The molecular weight excluding hydrogens is 338 g/mol. The van der Waals surface area contributed by atoms with Gasteiger partial charge in [-0.2, -0.15) is 0 Å². The van der Waals surface area contributed by atoms with Crippen molar-refractivity contribution in [3.05, 3.63) is 47.4 Å². The number of ether oxygens (including phenoxy) is 1. The van der Waals surface area contributed by atoms with E-state index in [9.17, 15) is 4.79 Å². The normalized spacial score (nSPS) is 21.5. The molecule has 132 valence electrons. The Morgan fingerprint density at radius 3 is 3.00 bits per heavy atom. The number of aryl methyl sites for hydroxylation is 2. The summed E-state index contributed by atoms with van der Waals surface area (Å²) in [7, 11) is 0. The van der Waals surface area contributed by atoms with E-state index in [4.69, 9.17) is 9.15 Å². The molecule has 0 radical (unpaired) electrons. The molecule has 0 N–H and O–H groups in total. The van der Waals surface area contributed by atoms with Crippen molar-refractivity contribution in [2.75, 3.05) is 18.8 Å². The summed E-state index contributed by atoms with van der Waals surface area (Å²) in [6.45, 7) is 5.82. The number of rotatable bonds is 4. The predicted molar refractivity (Wildman–Crippen MR) is 94.5 cm³/mol. The minimum atomic E-state index is -0.0606. The molecule has 2 aromatic heterocycles. The molecule has 2 aliphatic heterocycles. The number of nitrogens with zero attached hydrogens (tertiary/aromatic N) is 3. The smallest absolute Gasteiger partial charge is 0.291 e. The van der Waals surface area contributed by atoms with Gasteiger partial charge in [-0.05, 0) is 32.4 Å². The second-order valence-electron chi connectivity index (χ2n) is 6.83. The molecule has 0 unspecified atom stereocenters. The Labute approximate surface area is 151 Å². The Bertz CT molecular complexity index is 785. The third kappa shape index (κ3) is 3.30. The monoisotopic (exact) mass is 359 g/mol. The van der Waals surface area contributed by atoms with E-state index in [-0.39, 0.29) is 16.8 Å². The van der Waals surface area contributed by atoms with Gasteiger partial charge in [-0.15, -0.1) is 11.8 Å². The zero-order valence-electron chi connectivity index (χ0n) is 14.4. The summed E-state index contributed by atoms with van der Waals surface area (Å²) in [5, 5.41) is 0. The maximum absolute atomic E-state index is 12.4. The van der Waals surface area contributed by atoms with Crippen LogP contribution in [0.5, 0.6) is 0 Å². The highest BCUT2D eigenvalue weighted by atomic mass is 32.2. The standard InChI is InChI=1S/C18H21N3O3S/c1-12-4-3-5-14(20-12)7-23-15-6-18(25-8-15)9-21(10-18)17(22)16-13(2)19-11-24-16/h3-5,11,15H,6-10H2,1-2H3/t15-/m1/s1. The summed E-state index contributed by atoms with van der Waals surface area (Å²) in [6, 6.07) is 5.99. The Morgan fingerprint density at radius 1 is 1.44 bits per heavy atom. The molecule has 2 fully saturated rings. The second-order valence-corrected chi connectivity index (χ2v) is 8.32. The number of pyridine rings is 1. The van der Waals surface area contributed by atoms with E-state index >= 15 is 0 Å². The zero-order chi connectivity index (χ0) is 17.4. The number of thioether (sulfide) groups is 1. The number of carbonyl (C=O) groups is 1. The maximum atomic E-state index is 12.4. The molecule has 4 heterocycles. The summed E-state index contributed by atoms with van der Waals surface area (Å²) in [6.07, 6.45) is 2.52. The number of likely N-dealkylation sites (tertiary alicyclic amines) is 1. The van der Waals surface area contributed by atoms with Gasteiger partial charge in [-0.3, -0.25) is 9.78 Å². The van der Waals surface area contributed by atoms with E-state index in [1.165, 1.54) is 6.39 Å². The molecule has 4 rings (SSSR count). The number of carbonyl (C=O) groups excluding carboxylic acids is 1. The fourth-order valence-corrected chi connectivity index (χ4v) is 5.01. The Balaban J connectivity index is 1.29. The molecule has 1 amide bonds. The van der Waals surface area contributed by atoms with Crippen molar-refractivity contribution in [1.29, 1.82) is 0 Å². The van der Waals surface area contributed by atoms with Crippen molar-refractivity contribution in [3.8, 4) is 0 Å². The first-order valence-electron chi connectivity index (χ1n) is 8.42. The van der Waals surface area contributed by atoms with Gasteiger partial charge in [0.05, 0.1) is 28.8 Å². The number of hydrogen-bond acceptors (Lipinski definition) is 6. The van der Waals surface area contributed by atoms with Crippen molar-refractivity contribution >= 4 is 17.7 Å². The molecule has 0 saturated carbocycles. The van der Waals surface area contributed by atoms with Crippen LogP contribution in [0.1, 0.15) is 34.1 Å². The van der Waals surface area contributed by atoms with Crippen LogP contribution in [0.4, 0.5) is 0 Å². The van der Waals surface area contributed by atoms with E-state index in [1.807, 2.05) is 41.8 Å². The van der Waals surface area contributed by atoms with Crippen LogP contribution >= 0.6 is 11.8 Å². The second kappa shape index (κ2) is 6.46. The number of hydrogen-bond donors (Lipinski definition) is 0. The Kier molecular flexibility index (Phi) is 4.29. The number of oxazole rings is 1. The van der Waals surface area contributed by atoms with Gasteiger partial charge in [0.1, 0.15) is 0 Å². The molecule has 2 aromatic rings. The van der Waals surface area contributed by atoms with Gasteiger partial charge in [0.15, 0.2) is 6.39 Å². The highest BCUT2D eigenvalue weighted by molar-refractivity contribution is 8.01. The largest absolute Gasteiger partial charge is 0.438 e. The summed E-state index contributed by atoms with van der Waals surface area (Å²) in [5.41, 5.74) is 2.63. The molecule has 0 bridgehead atoms. The zero-order valence-corrected chi connectivity index (χ0v) is 15.2. The minimum Gasteiger partial charge on any atom is -0.438 e. The third-order valence-electron chi connectivity index (χ3n) is 4.77. The molecule has 0 aromatic carbocycles. The average Bonchev–Trinajstić information content (AvgIpc) is 3.17. The van der Waals surface area contributed by atoms with Crippen LogP contribution in [-0.4, -0.2) is 50.5 Å². The fourth-order valence-electron chi connectivity index (χ4n) is 3.46. The summed E-state index contributed by atoms with van der Waals surface area (Å²) >= 11 is 1.91. The first kappa shape index (κ1) is 16.6. The Hall–Kier alpha value is -1.86. The van der Waals surface area contributed by atoms with Crippen molar-refractivity contribution in [2.45, 2.75) is 37.7 Å². The quantitative estimate of drug-likeness (QED) is 0.836. The molecular formula is C18H21N3O3S. The van der Waals surface area contributed by atoms with Gasteiger partial charge in [-0.1, -0.05) is 6.07 Å². The fraction of sp³-hybridized carbons (Fsp3) is 0.500. The first-order chi connectivity index (χ1) is 12.0. The van der Waals surface area contributed by atoms with Crippen molar-refractivity contribution < 1.29 is 13.9 Å². The van der Waals surface area contributed by atoms with Crippen LogP contribution in [0.15, 0.2) is 29.0 Å². The lowest BCUT2D eigenvalue weighted by atomic mass is 9.92. The van der Waals surface area contributed by atoms with Gasteiger partial charge in [0.2, 0.25) is 5.76 Å². The van der Waals surface area contributed by atoms with Crippen molar-refractivity contribution in [1.82, 2.24) is 14.9 Å². The molecule has 2 aliphatic rings. The van der Waals surface area contributed by atoms with Gasteiger partial charge >= 0.3 is 0 Å². The van der Waals surface area contributed by atoms with E-state index in [1.54, 1.807) is 6.92 Å². The van der Waals surface area contributed by atoms with E-state index in [0.29, 0.717) is 18.1 Å². The third-order valence-corrected chi connectivity index (χ3v) is 6.35. The lowest BCUT2D eigenvalue weighted by Crippen LogP contribution is -2.60. The van der Waals surface area contributed by atoms with Gasteiger partial charge < -0.3 is 14.1 Å². The highest BCUT2D eigenvalue weighted by Gasteiger charge is 2.51. The Morgan fingerprint density at radius 2 is 2.28 bits per heavy atom. The molecule has 0 aliphatic carbocycles. The van der Waals surface area contributed by atoms with Crippen LogP contribution in [0.3, 0.4) is 0 Å². The van der Waals surface area contributed by atoms with E-state index in [2.05, 4.69) is 9.97 Å². The molecule has 1 spiro atoms. The summed E-state index contributed by atoms with van der Waals surface area (Å²) < 4.78 is 11.4. The number of amides is 1. The summed E-state index contributed by atoms with van der Waals surface area (Å²) in [5.74, 6) is 1.26. The minimum absolute atomic E-state index is 0.0606. The lowest BCUT2D eigenvalue weighted by molar-refractivity contribution is 0.0233. The van der Waals surface area contributed by atoms with Crippen LogP contribution in [0.25, 0.3) is 0 Å². The molecule has 6 nitrogen and oxygen atoms in total. The van der Waals surface area contributed by atoms with E-state index in [0.717, 1.165) is 36.7 Å². The predicted octanol–water partition coefficient (Wildman–Crippen LogP) is 2.60. The van der Waals surface area contributed by atoms with Crippen LogP contribution in [0.2, 0.25) is 0 Å². The molecule has 1 atom stereocenters. The average molecular weight is 359 g/mol. The molecule has 25 heavy (non-hydrogen) atoms. The van der Waals surface area contributed by atoms with Crippen LogP contribution in [0, 0.1) is 13.8 Å². The van der Waals surface area contributed by atoms with Crippen LogP contribution < -0.4 is 0 Å². The van der Waals surface area contributed by atoms with Gasteiger partial charge in [0, 0.05) is 24.5 Å². The van der Waals surface area contributed by atoms with Crippen LogP contribution in [-0.2, 0) is 11.3 Å². The van der Waals surface area contributed by atoms with Crippen molar-refractivity contribution in [2.24, 2.45) is 0 Å². The highest BCUT2D eigenvalue weighted by Crippen LogP contribution is 2.46. The molecule has 2 saturated heterocycles. The molecule has 7 heteroatoms. The maximum Gasteiger partial charge on any atom is 0.291 e. The SMILES string of the molecule is Cc1cccc(CO[C@H]2CSC3(C2)CN(C(=O)c2ocnc2C)C3)n1. The topological polar surface area (TPSA) is 68.5 Å². The lowest BCUT2D eigenvalue weighted by Gasteiger charge is -2.47. The first-order valence-corrected chi connectivity index (χ1v) is 9.41. The summed E-state index contributed by atoms with van der Waals surface area (Å²) in [4.78, 5) is 22.7. The number of aromatic nitrogens is 2. The van der Waals surface area contributed by atoms with E-state index < -0.39 is 0 Å². The van der Waals surface area contributed by atoms with Gasteiger partial charge in [-0.25, -0.2) is 4.98 Å². The van der Waals surface area contributed by atoms with Crippen molar-refractivity contribution in [3.63, 3.8) is 0 Å².